The van der Waals surface area contributed by atoms with Crippen molar-refractivity contribution in [1.29, 1.82) is 0 Å². The van der Waals surface area contributed by atoms with Crippen LogP contribution in [0.15, 0.2) is 32.5 Å². The quantitative estimate of drug-likeness (QED) is 0.831. The Morgan fingerprint density at radius 3 is 2.96 bits per heavy atom. The van der Waals surface area contributed by atoms with E-state index in [2.05, 4.69) is 15.8 Å². The van der Waals surface area contributed by atoms with Crippen molar-refractivity contribution in [2.45, 2.75) is 19.3 Å². The summed E-state index contributed by atoms with van der Waals surface area (Å²) >= 11 is 0. The summed E-state index contributed by atoms with van der Waals surface area (Å²) in [5, 5.41) is 6.52. The number of amides is 2. The van der Waals surface area contributed by atoms with Crippen molar-refractivity contribution < 1.29 is 14.0 Å². The van der Waals surface area contributed by atoms with E-state index in [9.17, 15) is 14.4 Å². The smallest absolute Gasteiger partial charge is 0.408 e. The number of fused-ring (bicyclic) bond motifs is 1. The molecular weight excluding hydrogens is 300 g/mol. The molecule has 0 spiro atoms. The molecule has 2 aromatic rings. The van der Waals surface area contributed by atoms with Gasteiger partial charge < -0.3 is 9.73 Å². The molecule has 8 heteroatoms. The number of aromatic nitrogens is 1. The Bertz CT molecular complexity index is 862. The van der Waals surface area contributed by atoms with Gasteiger partial charge in [-0.25, -0.2) is 10.2 Å². The maximum atomic E-state index is 11.9. The van der Waals surface area contributed by atoms with Crippen molar-refractivity contribution in [1.82, 2.24) is 15.3 Å². The first-order valence-corrected chi connectivity index (χ1v) is 7.26. The Morgan fingerprint density at radius 1 is 1.39 bits per heavy atom. The summed E-state index contributed by atoms with van der Waals surface area (Å²) in [6.07, 6.45) is 1.24. The second-order valence-electron chi connectivity index (χ2n) is 5.33. The van der Waals surface area contributed by atoms with Crippen molar-refractivity contribution in [2.24, 2.45) is 12.1 Å². The number of rotatable bonds is 4. The molecule has 8 nitrogen and oxygen atoms in total. The van der Waals surface area contributed by atoms with Gasteiger partial charge in [-0.15, -0.1) is 0 Å². The number of hydrazone groups is 1. The molecule has 0 unspecified atom stereocenters. The molecule has 23 heavy (non-hydrogen) atoms. The number of nitrogens with zero attached hydrogens (tertiary/aromatic N) is 2. The molecule has 0 saturated carbocycles. The van der Waals surface area contributed by atoms with Gasteiger partial charge >= 0.3 is 5.76 Å². The lowest BCUT2D eigenvalue weighted by Gasteiger charge is -2.11. The van der Waals surface area contributed by atoms with Gasteiger partial charge in [-0.3, -0.25) is 14.2 Å². The Morgan fingerprint density at radius 2 is 2.22 bits per heavy atom. The van der Waals surface area contributed by atoms with Gasteiger partial charge in [0, 0.05) is 26.4 Å². The molecule has 0 atom stereocenters. The third-order valence-electron chi connectivity index (χ3n) is 3.72. The lowest BCUT2D eigenvalue weighted by Crippen LogP contribution is -2.37. The van der Waals surface area contributed by atoms with Crippen LogP contribution >= 0.6 is 0 Å². The highest BCUT2D eigenvalue weighted by atomic mass is 16.4. The monoisotopic (exact) mass is 316 g/mol. The fourth-order valence-corrected chi connectivity index (χ4v) is 2.39. The molecule has 1 aromatic heterocycles. The molecule has 1 aliphatic heterocycles. The summed E-state index contributed by atoms with van der Waals surface area (Å²) in [5.41, 5.74) is 4.87. The van der Waals surface area contributed by atoms with E-state index in [1.54, 1.807) is 13.1 Å². The highest BCUT2D eigenvalue weighted by molar-refractivity contribution is 6.39. The molecule has 0 radical (unpaired) electrons. The van der Waals surface area contributed by atoms with Gasteiger partial charge in [0.1, 0.15) is 5.71 Å². The summed E-state index contributed by atoms with van der Waals surface area (Å²) in [6, 6.07) is 5.47. The molecular formula is C15H16N4O4. The minimum absolute atomic E-state index is 0.180. The summed E-state index contributed by atoms with van der Waals surface area (Å²) < 4.78 is 6.51. The van der Waals surface area contributed by atoms with Crippen LogP contribution in [-0.2, 0) is 23.1 Å². The summed E-state index contributed by atoms with van der Waals surface area (Å²) in [7, 11) is 1.65. The standard InChI is InChI=1S/C15H16N4O4/c1-19-11-8-9(2-4-12(11)23-15(19)22)6-7-16-14(21)10-3-5-13(20)18-17-10/h2,4,8H,3,5-7H2,1H3,(H,16,21)(H,18,20). The Balaban J connectivity index is 1.60. The number of aryl methyl sites for hydroxylation is 1. The number of oxazole rings is 1. The van der Waals surface area contributed by atoms with Crippen LogP contribution in [0.2, 0.25) is 0 Å². The molecule has 1 aromatic carbocycles. The van der Waals surface area contributed by atoms with Crippen molar-refractivity contribution in [3.63, 3.8) is 0 Å². The van der Waals surface area contributed by atoms with Crippen molar-refractivity contribution in [2.75, 3.05) is 6.54 Å². The van der Waals surface area contributed by atoms with Crippen LogP contribution in [-0.4, -0.2) is 28.6 Å². The summed E-state index contributed by atoms with van der Waals surface area (Å²) in [5.74, 6) is -0.856. The molecule has 2 heterocycles. The summed E-state index contributed by atoms with van der Waals surface area (Å²) in [6.45, 7) is 0.434. The first-order valence-electron chi connectivity index (χ1n) is 7.26. The second-order valence-corrected chi connectivity index (χ2v) is 5.33. The van der Waals surface area contributed by atoms with Gasteiger partial charge in [0.2, 0.25) is 5.91 Å². The van der Waals surface area contributed by atoms with Crippen LogP contribution in [0.3, 0.4) is 0 Å². The largest absolute Gasteiger partial charge is 0.419 e. The third kappa shape index (κ3) is 3.15. The van der Waals surface area contributed by atoms with E-state index in [-0.39, 0.29) is 18.2 Å². The van der Waals surface area contributed by atoms with E-state index in [0.717, 1.165) is 11.1 Å². The fraction of sp³-hybridized carbons (Fsp3) is 0.333. The predicted octanol–water partition coefficient (Wildman–Crippen LogP) is 0.0562. The van der Waals surface area contributed by atoms with E-state index < -0.39 is 5.76 Å². The molecule has 2 amide bonds. The van der Waals surface area contributed by atoms with Gasteiger partial charge in [0.05, 0.1) is 5.52 Å². The van der Waals surface area contributed by atoms with Gasteiger partial charge in [-0.2, -0.15) is 5.10 Å². The van der Waals surface area contributed by atoms with Crippen LogP contribution in [0.4, 0.5) is 0 Å². The SMILES string of the molecule is Cn1c(=O)oc2ccc(CCNC(=O)C3=NNC(=O)CC3)cc21. The molecule has 0 bridgehead atoms. The van der Waals surface area contributed by atoms with E-state index in [0.29, 0.717) is 30.7 Å². The highest BCUT2D eigenvalue weighted by Crippen LogP contribution is 2.14. The lowest BCUT2D eigenvalue weighted by molar-refractivity contribution is -0.121. The zero-order chi connectivity index (χ0) is 16.4. The first-order chi connectivity index (χ1) is 11.0. The third-order valence-corrected chi connectivity index (χ3v) is 3.72. The fourth-order valence-electron chi connectivity index (χ4n) is 2.39. The normalized spacial score (nSPS) is 14.5. The molecule has 120 valence electrons. The minimum Gasteiger partial charge on any atom is -0.408 e. The average molecular weight is 316 g/mol. The maximum Gasteiger partial charge on any atom is 0.419 e. The molecule has 2 N–H and O–H groups in total. The van der Waals surface area contributed by atoms with Crippen molar-refractivity contribution >= 4 is 28.6 Å². The highest BCUT2D eigenvalue weighted by Gasteiger charge is 2.17. The zero-order valence-corrected chi connectivity index (χ0v) is 12.6. The van der Waals surface area contributed by atoms with Gasteiger partial charge in [-0.05, 0) is 24.1 Å². The molecule has 3 rings (SSSR count). The lowest BCUT2D eigenvalue weighted by atomic mass is 10.1. The summed E-state index contributed by atoms with van der Waals surface area (Å²) in [4.78, 5) is 34.3. The molecule has 1 aliphatic rings. The number of carbonyl (C=O) groups is 2. The van der Waals surface area contributed by atoms with Crippen LogP contribution < -0.4 is 16.5 Å². The van der Waals surface area contributed by atoms with Crippen LogP contribution in [0, 0.1) is 0 Å². The number of hydrogen-bond donors (Lipinski definition) is 2. The van der Waals surface area contributed by atoms with Crippen molar-refractivity contribution in [3.05, 3.63) is 34.3 Å². The number of carbonyl (C=O) groups excluding carboxylic acids is 2. The average Bonchev–Trinajstić information content (AvgIpc) is 2.83. The van der Waals surface area contributed by atoms with Gasteiger partial charge in [-0.1, -0.05) is 6.07 Å². The van der Waals surface area contributed by atoms with E-state index in [1.807, 2.05) is 12.1 Å². The van der Waals surface area contributed by atoms with Gasteiger partial charge in [0.25, 0.3) is 5.91 Å². The molecule has 0 fully saturated rings. The molecule has 0 aliphatic carbocycles. The van der Waals surface area contributed by atoms with E-state index in [1.165, 1.54) is 4.57 Å². The molecule has 0 saturated heterocycles. The van der Waals surface area contributed by atoms with Crippen LogP contribution in [0.25, 0.3) is 11.1 Å². The Hall–Kier alpha value is -2.90. The van der Waals surface area contributed by atoms with E-state index >= 15 is 0 Å². The second kappa shape index (κ2) is 6.07. The minimum atomic E-state index is -0.400. The van der Waals surface area contributed by atoms with E-state index in [4.69, 9.17) is 4.42 Å². The number of nitrogens with one attached hydrogen (secondary N) is 2. The Labute approximate surface area is 131 Å². The van der Waals surface area contributed by atoms with Crippen molar-refractivity contribution in [3.8, 4) is 0 Å². The van der Waals surface area contributed by atoms with Gasteiger partial charge in [0.15, 0.2) is 5.58 Å². The van der Waals surface area contributed by atoms with Crippen LogP contribution in [0.5, 0.6) is 0 Å². The predicted molar refractivity (Wildman–Crippen MR) is 83.0 cm³/mol. The topological polar surface area (TPSA) is 106 Å². The number of hydrogen-bond acceptors (Lipinski definition) is 5. The first kappa shape index (κ1) is 15.0. The van der Waals surface area contributed by atoms with Crippen LogP contribution in [0.1, 0.15) is 18.4 Å². The zero-order valence-electron chi connectivity index (χ0n) is 12.6. The Kier molecular flexibility index (Phi) is 3.96. The number of benzene rings is 1. The maximum absolute atomic E-state index is 11.9.